The number of carbonyl (C=O) groups excluding carboxylic acids is 1. The summed E-state index contributed by atoms with van der Waals surface area (Å²) < 4.78 is 27.8. The zero-order valence-electron chi connectivity index (χ0n) is 19.2. The van der Waals surface area contributed by atoms with Gasteiger partial charge in [-0.1, -0.05) is 24.0 Å². The van der Waals surface area contributed by atoms with Crippen LogP contribution in [0.2, 0.25) is 0 Å². The topological polar surface area (TPSA) is 50.2 Å². The smallest absolute Gasteiger partial charge is 0.137 e. The van der Waals surface area contributed by atoms with Crippen LogP contribution in [0.25, 0.3) is 5.57 Å². The summed E-state index contributed by atoms with van der Waals surface area (Å²) in [4.78, 5) is 17.8. The molecule has 0 radical (unpaired) electrons. The maximum atomic E-state index is 13.9. The molecule has 1 heterocycles. The highest BCUT2D eigenvalue weighted by atomic mass is 19.1. The summed E-state index contributed by atoms with van der Waals surface area (Å²) in [6.07, 6.45) is 7.26. The zero-order chi connectivity index (χ0) is 24.4. The van der Waals surface area contributed by atoms with Crippen LogP contribution < -0.4 is 0 Å². The lowest BCUT2D eigenvalue weighted by molar-refractivity contribution is -0.118. The van der Waals surface area contributed by atoms with Crippen LogP contribution in [0.3, 0.4) is 0 Å². The van der Waals surface area contributed by atoms with E-state index in [-0.39, 0.29) is 36.7 Å². The van der Waals surface area contributed by atoms with Gasteiger partial charge in [-0.3, -0.25) is 9.78 Å². The molecule has 0 spiro atoms. The van der Waals surface area contributed by atoms with Gasteiger partial charge in [-0.05, 0) is 84.3 Å². The van der Waals surface area contributed by atoms with Gasteiger partial charge in [-0.15, -0.1) is 0 Å². The molecule has 1 fully saturated rings. The maximum absolute atomic E-state index is 13.9. The third kappa shape index (κ3) is 5.66. The lowest BCUT2D eigenvalue weighted by Crippen LogP contribution is -2.13. The van der Waals surface area contributed by atoms with Crippen molar-refractivity contribution in [3.63, 3.8) is 0 Å². The van der Waals surface area contributed by atoms with Crippen molar-refractivity contribution < 1.29 is 18.7 Å². The second kappa shape index (κ2) is 9.84. The van der Waals surface area contributed by atoms with Crippen LogP contribution in [-0.4, -0.2) is 15.9 Å². The van der Waals surface area contributed by atoms with Crippen LogP contribution in [0.5, 0.6) is 5.75 Å². The van der Waals surface area contributed by atoms with Gasteiger partial charge in [0.2, 0.25) is 0 Å². The molecule has 5 rings (SSSR count). The highest BCUT2D eigenvalue weighted by molar-refractivity contribution is 5.92. The summed E-state index contributed by atoms with van der Waals surface area (Å²) in [6.45, 7) is 0. The third-order valence-corrected chi connectivity index (χ3v) is 6.49. The summed E-state index contributed by atoms with van der Waals surface area (Å²) in [5, 5.41) is 9.88. The van der Waals surface area contributed by atoms with Crippen molar-refractivity contribution in [2.45, 2.75) is 44.4 Å². The first-order valence-corrected chi connectivity index (χ1v) is 11.9. The maximum Gasteiger partial charge on any atom is 0.137 e. The number of aromatic nitrogens is 1. The van der Waals surface area contributed by atoms with E-state index in [1.807, 2.05) is 24.3 Å². The van der Waals surface area contributed by atoms with Gasteiger partial charge in [-0.2, -0.15) is 0 Å². The highest BCUT2D eigenvalue weighted by Gasteiger charge is 2.24. The van der Waals surface area contributed by atoms with E-state index in [1.165, 1.54) is 12.1 Å². The molecule has 0 amide bonds. The van der Waals surface area contributed by atoms with Crippen molar-refractivity contribution in [3.8, 4) is 17.6 Å². The average molecular weight is 470 g/mol. The standard InChI is InChI=1S/C30H25F2NO2/c31-25-13-20(14-26(32)17-25)12-24(30-22(2-1-11-33-30)6-5-19-3-4-19)16-28(35)15-23-8-7-21-9-10-27(34)18-29(21)23/h1-2,8-11,13-14,17-19,24,34H,3-4,7,12,15-16H2/t24-/m1/s1. The number of rotatable bonds is 7. The molecule has 1 aromatic heterocycles. The van der Waals surface area contributed by atoms with Gasteiger partial charge in [0, 0.05) is 42.5 Å². The Morgan fingerprint density at radius 1 is 1.11 bits per heavy atom. The zero-order valence-corrected chi connectivity index (χ0v) is 19.2. The van der Waals surface area contributed by atoms with E-state index in [2.05, 4.69) is 16.8 Å². The number of pyridine rings is 1. The van der Waals surface area contributed by atoms with Gasteiger partial charge in [-0.25, -0.2) is 8.78 Å². The van der Waals surface area contributed by atoms with Gasteiger partial charge in [0.1, 0.15) is 23.2 Å². The van der Waals surface area contributed by atoms with Crippen LogP contribution in [-0.2, 0) is 17.6 Å². The minimum absolute atomic E-state index is 0.000994. The van der Waals surface area contributed by atoms with Crippen molar-refractivity contribution >= 4 is 11.4 Å². The summed E-state index contributed by atoms with van der Waals surface area (Å²) in [7, 11) is 0. The Hall–Kier alpha value is -3.78. The van der Waals surface area contributed by atoms with Gasteiger partial charge < -0.3 is 5.11 Å². The van der Waals surface area contributed by atoms with E-state index < -0.39 is 11.6 Å². The van der Waals surface area contributed by atoms with Crippen molar-refractivity contribution in [2.24, 2.45) is 5.92 Å². The molecular weight excluding hydrogens is 444 g/mol. The number of halogens is 2. The summed E-state index contributed by atoms with van der Waals surface area (Å²) in [6, 6.07) is 12.4. The van der Waals surface area contributed by atoms with Crippen molar-refractivity contribution in [1.29, 1.82) is 0 Å². The Balaban J connectivity index is 1.42. The Kier molecular flexibility index (Phi) is 6.46. The molecule has 3 nitrogen and oxygen atoms in total. The second-order valence-corrected chi connectivity index (χ2v) is 9.35. The fourth-order valence-corrected chi connectivity index (χ4v) is 4.65. The number of ketones is 1. The van der Waals surface area contributed by atoms with Gasteiger partial charge >= 0.3 is 0 Å². The van der Waals surface area contributed by atoms with Gasteiger partial charge in [0.25, 0.3) is 0 Å². The number of hydrogen-bond donors (Lipinski definition) is 1. The van der Waals surface area contributed by atoms with Crippen LogP contribution >= 0.6 is 0 Å². The number of phenols is 1. The number of hydrogen-bond acceptors (Lipinski definition) is 3. The SMILES string of the molecule is O=C(CC1=CCc2ccc(O)cc21)C[C@@H](Cc1cc(F)cc(F)c1)c1ncccc1C#CC1CC1. The lowest BCUT2D eigenvalue weighted by Gasteiger charge is -2.18. The van der Waals surface area contributed by atoms with E-state index in [9.17, 15) is 18.7 Å². The van der Waals surface area contributed by atoms with E-state index >= 15 is 0 Å². The molecule has 1 saturated carbocycles. The molecule has 35 heavy (non-hydrogen) atoms. The molecule has 1 atom stereocenters. The highest BCUT2D eigenvalue weighted by Crippen LogP contribution is 2.35. The van der Waals surface area contributed by atoms with E-state index in [4.69, 9.17) is 0 Å². The van der Waals surface area contributed by atoms with Crippen LogP contribution in [0.1, 0.15) is 59.5 Å². The Bertz CT molecular complexity index is 1360. The molecule has 0 aliphatic heterocycles. The number of phenolic OH excluding ortho intramolecular Hbond substituents is 1. The molecule has 2 aliphatic rings. The lowest BCUT2D eigenvalue weighted by atomic mass is 9.87. The first-order valence-electron chi connectivity index (χ1n) is 11.9. The fraction of sp³-hybridized carbons (Fsp3) is 0.267. The molecule has 0 saturated heterocycles. The van der Waals surface area contributed by atoms with Crippen molar-refractivity contribution in [3.05, 3.63) is 100 Å². The largest absolute Gasteiger partial charge is 0.508 e. The molecule has 1 N–H and O–H groups in total. The normalized spacial score (nSPS) is 15.1. The summed E-state index contributed by atoms with van der Waals surface area (Å²) in [5.41, 5.74) is 4.78. The third-order valence-electron chi connectivity index (χ3n) is 6.49. The minimum Gasteiger partial charge on any atom is -0.508 e. The molecule has 0 bridgehead atoms. The molecule has 2 aliphatic carbocycles. The monoisotopic (exact) mass is 469 g/mol. The van der Waals surface area contributed by atoms with Gasteiger partial charge in [0.15, 0.2) is 0 Å². The first kappa shape index (κ1) is 23.0. The van der Waals surface area contributed by atoms with Crippen molar-refractivity contribution in [2.75, 3.05) is 0 Å². The number of benzene rings is 2. The molecule has 176 valence electrons. The Morgan fingerprint density at radius 3 is 2.69 bits per heavy atom. The Morgan fingerprint density at radius 2 is 1.91 bits per heavy atom. The molecule has 2 aromatic carbocycles. The summed E-state index contributed by atoms with van der Waals surface area (Å²) in [5.74, 6) is 5.38. The molecule has 0 unspecified atom stereocenters. The first-order chi connectivity index (χ1) is 16.9. The van der Waals surface area contributed by atoms with Gasteiger partial charge in [0.05, 0.1) is 5.69 Å². The molecular formula is C30H25F2NO2. The molecule has 5 heteroatoms. The predicted octanol–water partition coefficient (Wildman–Crippen LogP) is 6.14. The minimum atomic E-state index is -0.646. The number of aromatic hydroxyl groups is 1. The number of fused-ring (bicyclic) bond motifs is 1. The number of carbonyl (C=O) groups is 1. The van der Waals surface area contributed by atoms with Crippen LogP contribution in [0.15, 0.2) is 60.8 Å². The van der Waals surface area contributed by atoms with E-state index in [0.717, 1.165) is 47.6 Å². The van der Waals surface area contributed by atoms with Crippen LogP contribution in [0, 0.1) is 29.4 Å². The Labute approximate surface area is 203 Å². The van der Waals surface area contributed by atoms with Crippen LogP contribution in [0.4, 0.5) is 8.78 Å². The number of nitrogens with zero attached hydrogens (tertiary/aromatic N) is 1. The van der Waals surface area contributed by atoms with E-state index in [0.29, 0.717) is 17.2 Å². The van der Waals surface area contributed by atoms with E-state index in [1.54, 1.807) is 18.3 Å². The second-order valence-electron chi connectivity index (χ2n) is 9.35. The summed E-state index contributed by atoms with van der Waals surface area (Å²) >= 11 is 0. The number of Topliss-reactive ketones (excluding diaryl/α,β-unsaturated/α-hetero) is 1. The van der Waals surface area contributed by atoms with Crippen molar-refractivity contribution in [1.82, 2.24) is 4.98 Å². The number of allylic oxidation sites excluding steroid dienone is 2. The fourth-order valence-electron chi connectivity index (χ4n) is 4.65. The quantitative estimate of drug-likeness (QED) is 0.423. The predicted molar refractivity (Wildman–Crippen MR) is 131 cm³/mol. The average Bonchev–Trinajstić information content (AvgIpc) is 3.57. The molecule has 3 aromatic rings.